The van der Waals surface area contributed by atoms with Gasteiger partial charge >= 0.3 is 0 Å². The van der Waals surface area contributed by atoms with Crippen LogP contribution in [0.15, 0.2) is 47.1 Å². The minimum absolute atomic E-state index is 0.129. The lowest BCUT2D eigenvalue weighted by atomic mass is 10.0. The standard InChI is InChI=1S/C15H18FNO/c1-17-13(8-9-14-6-4-10-18-14)11-12-5-2-3-7-15(12)16/h2-7,10,13,17H,8-9,11H2,1H3. The summed E-state index contributed by atoms with van der Waals surface area (Å²) < 4.78 is 18.9. The minimum Gasteiger partial charge on any atom is -0.469 e. The molecule has 0 saturated heterocycles. The molecule has 18 heavy (non-hydrogen) atoms. The molecule has 0 spiro atoms. The minimum atomic E-state index is -0.129. The first-order chi connectivity index (χ1) is 8.79. The lowest BCUT2D eigenvalue weighted by Crippen LogP contribution is -2.28. The lowest BCUT2D eigenvalue weighted by Gasteiger charge is -2.15. The van der Waals surface area contributed by atoms with Crippen molar-refractivity contribution in [3.8, 4) is 0 Å². The second kappa shape index (κ2) is 6.36. The summed E-state index contributed by atoms with van der Waals surface area (Å²) in [5, 5.41) is 3.23. The third kappa shape index (κ3) is 3.44. The van der Waals surface area contributed by atoms with Crippen LogP contribution in [-0.2, 0) is 12.8 Å². The smallest absolute Gasteiger partial charge is 0.126 e. The molecule has 1 N–H and O–H groups in total. The molecule has 0 fully saturated rings. The Labute approximate surface area is 107 Å². The topological polar surface area (TPSA) is 25.2 Å². The van der Waals surface area contributed by atoms with Crippen molar-refractivity contribution in [1.29, 1.82) is 0 Å². The van der Waals surface area contributed by atoms with E-state index < -0.39 is 0 Å². The lowest BCUT2D eigenvalue weighted by molar-refractivity contribution is 0.456. The van der Waals surface area contributed by atoms with Gasteiger partial charge in [-0.1, -0.05) is 18.2 Å². The number of halogens is 1. The highest BCUT2D eigenvalue weighted by molar-refractivity contribution is 5.18. The largest absolute Gasteiger partial charge is 0.469 e. The molecule has 96 valence electrons. The highest BCUT2D eigenvalue weighted by Gasteiger charge is 2.11. The maximum absolute atomic E-state index is 13.6. The third-order valence-corrected chi connectivity index (χ3v) is 3.15. The van der Waals surface area contributed by atoms with E-state index in [1.165, 1.54) is 6.07 Å². The zero-order chi connectivity index (χ0) is 12.8. The fourth-order valence-corrected chi connectivity index (χ4v) is 2.05. The van der Waals surface area contributed by atoms with Gasteiger partial charge in [0.15, 0.2) is 0 Å². The summed E-state index contributed by atoms with van der Waals surface area (Å²) in [6.07, 6.45) is 4.18. The molecule has 0 amide bonds. The van der Waals surface area contributed by atoms with Crippen LogP contribution in [0, 0.1) is 5.82 Å². The molecule has 0 bridgehead atoms. The van der Waals surface area contributed by atoms with E-state index in [4.69, 9.17) is 4.42 Å². The maximum atomic E-state index is 13.6. The number of benzene rings is 1. The highest BCUT2D eigenvalue weighted by atomic mass is 19.1. The number of hydrogen-bond donors (Lipinski definition) is 1. The first-order valence-corrected chi connectivity index (χ1v) is 6.22. The second-order valence-electron chi connectivity index (χ2n) is 4.40. The van der Waals surface area contributed by atoms with Crippen LogP contribution in [0.25, 0.3) is 0 Å². The van der Waals surface area contributed by atoms with Crippen molar-refractivity contribution in [2.75, 3.05) is 7.05 Å². The van der Waals surface area contributed by atoms with Crippen molar-refractivity contribution >= 4 is 0 Å². The molecule has 1 aromatic heterocycles. The van der Waals surface area contributed by atoms with Crippen molar-refractivity contribution in [2.45, 2.75) is 25.3 Å². The molecule has 2 aromatic rings. The maximum Gasteiger partial charge on any atom is 0.126 e. The Hall–Kier alpha value is -1.61. The number of hydrogen-bond acceptors (Lipinski definition) is 2. The molecule has 0 aliphatic carbocycles. The molecule has 1 heterocycles. The van der Waals surface area contributed by atoms with E-state index in [0.717, 1.165) is 24.2 Å². The zero-order valence-corrected chi connectivity index (χ0v) is 10.5. The van der Waals surface area contributed by atoms with Crippen LogP contribution in [0.5, 0.6) is 0 Å². The van der Waals surface area contributed by atoms with Crippen molar-refractivity contribution < 1.29 is 8.81 Å². The van der Waals surface area contributed by atoms with Gasteiger partial charge in [-0.25, -0.2) is 4.39 Å². The van der Waals surface area contributed by atoms with Gasteiger partial charge < -0.3 is 9.73 Å². The van der Waals surface area contributed by atoms with E-state index >= 15 is 0 Å². The molecule has 1 atom stereocenters. The molecular formula is C15H18FNO. The summed E-state index contributed by atoms with van der Waals surface area (Å²) in [5.74, 6) is 0.847. The predicted octanol–water partition coefficient (Wildman–Crippen LogP) is 3.18. The second-order valence-corrected chi connectivity index (χ2v) is 4.40. The molecule has 1 aromatic carbocycles. The molecule has 0 aliphatic rings. The summed E-state index contributed by atoms with van der Waals surface area (Å²) >= 11 is 0. The fourth-order valence-electron chi connectivity index (χ4n) is 2.05. The highest BCUT2D eigenvalue weighted by Crippen LogP contribution is 2.13. The predicted molar refractivity (Wildman–Crippen MR) is 70.0 cm³/mol. The number of nitrogens with one attached hydrogen (secondary N) is 1. The third-order valence-electron chi connectivity index (χ3n) is 3.15. The molecule has 1 unspecified atom stereocenters. The van der Waals surface area contributed by atoms with Crippen molar-refractivity contribution in [3.63, 3.8) is 0 Å². The fraction of sp³-hybridized carbons (Fsp3) is 0.333. The van der Waals surface area contributed by atoms with Crippen LogP contribution in [0.2, 0.25) is 0 Å². The number of likely N-dealkylation sites (N-methyl/N-ethyl adjacent to an activating group) is 1. The van der Waals surface area contributed by atoms with E-state index in [-0.39, 0.29) is 11.9 Å². The van der Waals surface area contributed by atoms with Gasteiger partial charge in [-0.2, -0.15) is 0 Å². The number of furan rings is 1. The first kappa shape index (κ1) is 12.8. The van der Waals surface area contributed by atoms with Crippen LogP contribution >= 0.6 is 0 Å². The average molecular weight is 247 g/mol. The molecule has 3 heteroatoms. The van der Waals surface area contributed by atoms with Crippen LogP contribution < -0.4 is 5.32 Å². The normalized spacial score (nSPS) is 12.6. The quantitative estimate of drug-likeness (QED) is 0.848. The summed E-state index contributed by atoms with van der Waals surface area (Å²) in [6, 6.07) is 11.1. The summed E-state index contributed by atoms with van der Waals surface area (Å²) in [7, 11) is 1.91. The Morgan fingerprint density at radius 1 is 1.22 bits per heavy atom. The van der Waals surface area contributed by atoms with Gasteiger partial charge in [-0.05, 0) is 43.7 Å². The van der Waals surface area contributed by atoms with E-state index in [9.17, 15) is 4.39 Å². The molecule has 2 nitrogen and oxygen atoms in total. The summed E-state index contributed by atoms with van der Waals surface area (Å²) in [4.78, 5) is 0. The molecule has 0 radical (unpaired) electrons. The summed E-state index contributed by atoms with van der Waals surface area (Å²) in [5.41, 5.74) is 0.760. The Kier molecular flexibility index (Phi) is 4.53. The SMILES string of the molecule is CNC(CCc1ccco1)Cc1ccccc1F. The van der Waals surface area contributed by atoms with E-state index in [0.29, 0.717) is 6.42 Å². The van der Waals surface area contributed by atoms with Crippen LogP contribution in [-0.4, -0.2) is 13.1 Å². The molecule has 0 aliphatic heterocycles. The van der Waals surface area contributed by atoms with Gasteiger partial charge in [0.2, 0.25) is 0 Å². The van der Waals surface area contributed by atoms with E-state index in [1.807, 2.05) is 31.3 Å². The monoisotopic (exact) mass is 247 g/mol. The van der Waals surface area contributed by atoms with Gasteiger partial charge in [0.05, 0.1) is 6.26 Å². The van der Waals surface area contributed by atoms with E-state index in [2.05, 4.69) is 5.32 Å². The average Bonchev–Trinajstić information content (AvgIpc) is 2.90. The Balaban J connectivity index is 1.91. The zero-order valence-electron chi connectivity index (χ0n) is 10.5. The Bertz CT molecular complexity index is 467. The van der Waals surface area contributed by atoms with Crippen molar-refractivity contribution in [2.24, 2.45) is 0 Å². The Morgan fingerprint density at radius 3 is 2.72 bits per heavy atom. The van der Waals surface area contributed by atoms with E-state index in [1.54, 1.807) is 12.3 Å². The van der Waals surface area contributed by atoms with Crippen LogP contribution in [0.1, 0.15) is 17.7 Å². The molecular weight excluding hydrogens is 229 g/mol. The number of aryl methyl sites for hydroxylation is 1. The number of rotatable bonds is 6. The summed E-state index contributed by atoms with van der Waals surface area (Å²) in [6.45, 7) is 0. The van der Waals surface area contributed by atoms with Crippen LogP contribution in [0.3, 0.4) is 0 Å². The molecule has 0 saturated carbocycles. The van der Waals surface area contributed by atoms with Crippen LogP contribution in [0.4, 0.5) is 4.39 Å². The van der Waals surface area contributed by atoms with Gasteiger partial charge in [-0.3, -0.25) is 0 Å². The van der Waals surface area contributed by atoms with Gasteiger partial charge in [0.25, 0.3) is 0 Å². The van der Waals surface area contributed by atoms with Gasteiger partial charge in [0, 0.05) is 12.5 Å². The van der Waals surface area contributed by atoms with Gasteiger partial charge in [-0.15, -0.1) is 0 Å². The van der Waals surface area contributed by atoms with Crippen molar-refractivity contribution in [1.82, 2.24) is 5.32 Å². The van der Waals surface area contributed by atoms with Crippen molar-refractivity contribution in [3.05, 3.63) is 59.8 Å². The first-order valence-electron chi connectivity index (χ1n) is 6.22. The molecule has 2 rings (SSSR count). The Morgan fingerprint density at radius 2 is 2.06 bits per heavy atom. The van der Waals surface area contributed by atoms with Gasteiger partial charge in [0.1, 0.15) is 11.6 Å².